The predicted octanol–water partition coefficient (Wildman–Crippen LogP) is 3.33. The third kappa shape index (κ3) is 4.92. The van der Waals surface area contributed by atoms with E-state index in [1.807, 2.05) is 30.3 Å². The number of nitrogens with one attached hydrogen (secondary N) is 1. The normalized spacial score (nSPS) is 11.7. The van der Waals surface area contributed by atoms with Crippen LogP contribution in [0.3, 0.4) is 0 Å². The number of carbonyl (C=O) groups is 2. The molecule has 23 heavy (non-hydrogen) atoms. The second-order valence-corrected chi connectivity index (χ2v) is 5.54. The molecule has 0 aliphatic heterocycles. The minimum atomic E-state index is -0.658. The van der Waals surface area contributed by atoms with E-state index in [0.717, 1.165) is 22.5 Å². The molecule has 0 heterocycles. The molecule has 0 spiro atoms. The van der Waals surface area contributed by atoms with Crippen molar-refractivity contribution in [1.29, 1.82) is 0 Å². The fraction of sp³-hybridized carbons (Fsp3) is 0.176. The second kappa shape index (κ2) is 8.47. The van der Waals surface area contributed by atoms with Gasteiger partial charge in [-0.2, -0.15) is 4.33 Å². The molecule has 1 N–H and O–H groups in total. The van der Waals surface area contributed by atoms with Crippen molar-refractivity contribution in [3.05, 3.63) is 65.7 Å². The van der Waals surface area contributed by atoms with Crippen molar-refractivity contribution >= 4 is 23.7 Å². The average molecular weight is 331 g/mol. The highest BCUT2D eigenvalue weighted by Crippen LogP contribution is 2.20. The molecule has 0 aromatic heterocycles. The Labute approximate surface area is 139 Å². The van der Waals surface area contributed by atoms with Crippen LogP contribution >= 0.6 is 12.0 Å². The average Bonchev–Trinajstić information content (AvgIpc) is 2.58. The summed E-state index contributed by atoms with van der Waals surface area (Å²) in [7, 11) is 1.42. The maximum Gasteiger partial charge on any atom is 0.252 e. The lowest BCUT2D eigenvalue weighted by molar-refractivity contribution is -0.160. The lowest BCUT2D eigenvalue weighted by Crippen LogP contribution is -2.32. The molecule has 2 rings (SSSR count). The minimum absolute atomic E-state index is 0.120. The smallest absolute Gasteiger partial charge is 0.252 e. The van der Waals surface area contributed by atoms with Gasteiger partial charge in [0.1, 0.15) is 6.04 Å². The molecular formula is C17H17NO4S. The Hall–Kier alpha value is -2.15. The maximum absolute atomic E-state index is 12.3. The highest BCUT2D eigenvalue weighted by molar-refractivity contribution is 7.94. The molecule has 0 bridgehead atoms. The Morgan fingerprint density at radius 2 is 1.70 bits per heavy atom. The summed E-state index contributed by atoms with van der Waals surface area (Å²) in [6.07, 6.45) is 0. The Morgan fingerprint density at radius 3 is 2.26 bits per heavy atom. The predicted molar refractivity (Wildman–Crippen MR) is 87.7 cm³/mol. The van der Waals surface area contributed by atoms with Crippen molar-refractivity contribution in [2.75, 3.05) is 7.11 Å². The zero-order valence-electron chi connectivity index (χ0n) is 12.8. The standard InChI is InChI=1S/C17H17NO4S/c1-12(19)16(13-6-4-3-5-7-13)18-17(20)14-8-10-15(11-9-14)23-22-21-2/h3-11,16H,1-2H3,(H,18,20). The molecule has 0 aliphatic carbocycles. The van der Waals surface area contributed by atoms with E-state index in [0.29, 0.717) is 5.56 Å². The van der Waals surface area contributed by atoms with Crippen LogP contribution in [-0.4, -0.2) is 18.8 Å². The van der Waals surface area contributed by atoms with Crippen molar-refractivity contribution in [2.45, 2.75) is 17.9 Å². The second-order valence-electron chi connectivity index (χ2n) is 4.77. The SMILES string of the molecule is COOSc1ccc(C(=O)NC(C(C)=O)c2ccccc2)cc1. The van der Waals surface area contributed by atoms with Gasteiger partial charge in [0.2, 0.25) is 0 Å². The van der Waals surface area contributed by atoms with Gasteiger partial charge in [-0.15, -0.1) is 0 Å². The Bertz CT molecular complexity index is 658. The van der Waals surface area contributed by atoms with Gasteiger partial charge < -0.3 is 5.32 Å². The quantitative estimate of drug-likeness (QED) is 0.479. The van der Waals surface area contributed by atoms with Crippen molar-refractivity contribution in [1.82, 2.24) is 5.32 Å². The van der Waals surface area contributed by atoms with E-state index in [9.17, 15) is 9.59 Å². The van der Waals surface area contributed by atoms with E-state index in [1.165, 1.54) is 14.0 Å². The number of ketones is 1. The van der Waals surface area contributed by atoms with Crippen molar-refractivity contribution < 1.29 is 18.8 Å². The summed E-state index contributed by atoms with van der Waals surface area (Å²) < 4.78 is 4.75. The van der Waals surface area contributed by atoms with E-state index in [1.54, 1.807) is 24.3 Å². The van der Waals surface area contributed by atoms with Gasteiger partial charge in [-0.05, 0) is 36.8 Å². The summed E-state index contributed by atoms with van der Waals surface area (Å²) >= 11 is 1.05. The first-order chi connectivity index (χ1) is 11.1. The summed E-state index contributed by atoms with van der Waals surface area (Å²) in [4.78, 5) is 29.5. The first-order valence-electron chi connectivity index (χ1n) is 6.95. The van der Waals surface area contributed by atoms with Crippen molar-refractivity contribution in [3.8, 4) is 0 Å². The van der Waals surface area contributed by atoms with E-state index >= 15 is 0 Å². The first-order valence-corrected chi connectivity index (χ1v) is 7.69. The maximum atomic E-state index is 12.3. The monoisotopic (exact) mass is 331 g/mol. The van der Waals surface area contributed by atoms with Gasteiger partial charge in [0.05, 0.1) is 19.2 Å². The molecule has 1 atom stereocenters. The summed E-state index contributed by atoms with van der Waals surface area (Å²) in [6.45, 7) is 1.46. The van der Waals surface area contributed by atoms with Crippen LogP contribution in [0.2, 0.25) is 0 Å². The van der Waals surface area contributed by atoms with Crippen LogP contribution < -0.4 is 5.32 Å². The Balaban J connectivity index is 2.08. The molecule has 2 aromatic rings. The van der Waals surface area contributed by atoms with Crippen LogP contribution in [0.5, 0.6) is 0 Å². The van der Waals surface area contributed by atoms with Crippen LogP contribution in [0, 0.1) is 0 Å². The van der Waals surface area contributed by atoms with Gasteiger partial charge in [0, 0.05) is 10.5 Å². The third-order valence-corrected chi connectivity index (χ3v) is 3.80. The highest BCUT2D eigenvalue weighted by atomic mass is 32.2. The molecule has 6 heteroatoms. The molecule has 0 fully saturated rings. The molecule has 1 unspecified atom stereocenters. The zero-order chi connectivity index (χ0) is 16.7. The van der Waals surface area contributed by atoms with Gasteiger partial charge in [-0.3, -0.25) is 9.59 Å². The lowest BCUT2D eigenvalue weighted by Gasteiger charge is -2.16. The Kier molecular flexibility index (Phi) is 6.34. The topological polar surface area (TPSA) is 64.6 Å². The van der Waals surface area contributed by atoms with Crippen LogP contribution in [0.4, 0.5) is 0 Å². The largest absolute Gasteiger partial charge is 0.338 e. The molecule has 0 saturated heterocycles. The number of Topliss-reactive ketones (excluding diaryl/α,β-unsaturated/α-hetero) is 1. The summed E-state index contributed by atoms with van der Waals surface area (Å²) in [5, 5.41) is 2.76. The number of rotatable bonds is 7. The third-order valence-electron chi connectivity index (χ3n) is 3.13. The van der Waals surface area contributed by atoms with Gasteiger partial charge in [0.25, 0.3) is 5.91 Å². The number of carbonyl (C=O) groups excluding carboxylic acids is 2. The molecule has 2 aromatic carbocycles. The molecule has 0 radical (unpaired) electrons. The van der Waals surface area contributed by atoms with Gasteiger partial charge in [-0.25, -0.2) is 4.89 Å². The van der Waals surface area contributed by atoms with Crippen molar-refractivity contribution in [3.63, 3.8) is 0 Å². The summed E-state index contributed by atoms with van der Waals surface area (Å²) in [6, 6.07) is 15.3. The van der Waals surface area contributed by atoms with E-state index in [-0.39, 0.29) is 11.7 Å². The Morgan fingerprint density at radius 1 is 1.04 bits per heavy atom. The van der Waals surface area contributed by atoms with Gasteiger partial charge >= 0.3 is 0 Å². The van der Waals surface area contributed by atoms with E-state index < -0.39 is 6.04 Å². The molecule has 0 saturated carbocycles. The van der Waals surface area contributed by atoms with Gasteiger partial charge in [0.15, 0.2) is 5.78 Å². The molecule has 0 aliphatic rings. The number of hydrogen-bond acceptors (Lipinski definition) is 5. The summed E-state index contributed by atoms with van der Waals surface area (Å²) in [5.74, 6) is -0.427. The zero-order valence-corrected chi connectivity index (χ0v) is 13.6. The van der Waals surface area contributed by atoms with Crippen LogP contribution in [0.1, 0.15) is 28.9 Å². The van der Waals surface area contributed by atoms with E-state index in [2.05, 4.69) is 10.2 Å². The molecule has 1 amide bonds. The summed E-state index contributed by atoms with van der Waals surface area (Å²) in [5.41, 5.74) is 1.22. The van der Waals surface area contributed by atoms with Gasteiger partial charge in [-0.1, -0.05) is 30.3 Å². The first kappa shape index (κ1) is 17.2. The number of benzene rings is 2. The molecule has 5 nitrogen and oxygen atoms in total. The molecule has 120 valence electrons. The fourth-order valence-corrected chi connectivity index (χ4v) is 2.41. The number of amides is 1. The van der Waals surface area contributed by atoms with Crippen molar-refractivity contribution in [2.24, 2.45) is 0 Å². The highest BCUT2D eigenvalue weighted by Gasteiger charge is 2.19. The number of hydrogen-bond donors (Lipinski definition) is 1. The van der Waals surface area contributed by atoms with Crippen LogP contribution in [0.25, 0.3) is 0 Å². The van der Waals surface area contributed by atoms with Crippen LogP contribution in [-0.2, 0) is 14.0 Å². The minimum Gasteiger partial charge on any atom is -0.338 e. The van der Waals surface area contributed by atoms with E-state index in [4.69, 9.17) is 4.33 Å². The lowest BCUT2D eigenvalue weighted by atomic mass is 10.0. The molecular weight excluding hydrogens is 314 g/mol. The van der Waals surface area contributed by atoms with Crippen LogP contribution in [0.15, 0.2) is 59.5 Å². The fourth-order valence-electron chi connectivity index (χ4n) is 2.01.